The van der Waals surface area contributed by atoms with Crippen LogP contribution in [-0.2, 0) is 14.3 Å². The van der Waals surface area contributed by atoms with Crippen LogP contribution in [0.25, 0.3) is 0 Å². The van der Waals surface area contributed by atoms with E-state index in [9.17, 15) is 9.59 Å². The maximum absolute atomic E-state index is 12.3. The molecule has 2 atom stereocenters. The molecule has 0 aromatic rings. The summed E-state index contributed by atoms with van der Waals surface area (Å²) in [6.07, 6.45) is 2.51. The van der Waals surface area contributed by atoms with Gasteiger partial charge in [-0.25, -0.2) is 4.79 Å². The van der Waals surface area contributed by atoms with Gasteiger partial charge in [-0.2, -0.15) is 0 Å². The number of ether oxygens (including phenoxy) is 1. The Kier molecular flexibility index (Phi) is 4.34. The average Bonchev–Trinajstić information content (AvgIpc) is 2.72. The molecule has 1 aliphatic carbocycles. The molecule has 2 fully saturated rings. The van der Waals surface area contributed by atoms with Gasteiger partial charge in [0.15, 0.2) is 6.10 Å². The molecule has 0 aromatic heterocycles. The molecule has 2 unspecified atom stereocenters. The number of carboxylic acid groups (broad SMARTS) is 1. The van der Waals surface area contributed by atoms with E-state index in [2.05, 4.69) is 33.0 Å². The third-order valence-electron chi connectivity index (χ3n) is 4.49. The summed E-state index contributed by atoms with van der Waals surface area (Å²) in [7, 11) is 0. The Morgan fingerprint density at radius 2 is 1.57 bits per heavy atom. The maximum atomic E-state index is 12.3. The number of rotatable bonds is 3. The van der Waals surface area contributed by atoms with Crippen LogP contribution >= 0.6 is 0 Å². The van der Waals surface area contributed by atoms with Crippen LogP contribution in [0.4, 0.5) is 0 Å². The summed E-state index contributed by atoms with van der Waals surface area (Å²) in [5, 5.41) is 12.0. The number of aliphatic carboxylic acids is 1. The molecule has 120 valence electrons. The molecule has 0 spiro atoms. The van der Waals surface area contributed by atoms with Crippen molar-refractivity contribution in [3.05, 3.63) is 0 Å². The topological polar surface area (TPSA) is 75.6 Å². The van der Waals surface area contributed by atoms with Gasteiger partial charge in [-0.15, -0.1) is 0 Å². The molecular weight excluding hydrogens is 270 g/mol. The second-order valence-electron chi connectivity index (χ2n) is 8.15. The molecule has 2 aliphatic rings. The minimum atomic E-state index is -0.981. The van der Waals surface area contributed by atoms with E-state index in [1.807, 2.05) is 0 Å². The quantitative estimate of drug-likeness (QED) is 0.838. The fourth-order valence-corrected chi connectivity index (χ4v) is 4.25. The highest BCUT2D eigenvalue weighted by molar-refractivity contribution is 5.82. The predicted molar refractivity (Wildman–Crippen MR) is 78.9 cm³/mol. The first-order valence-electron chi connectivity index (χ1n) is 7.77. The lowest BCUT2D eigenvalue weighted by Gasteiger charge is -2.45. The minimum absolute atomic E-state index is 0.142. The third kappa shape index (κ3) is 4.19. The Balaban J connectivity index is 1.92. The number of hydrogen-bond acceptors (Lipinski definition) is 3. The fourth-order valence-electron chi connectivity index (χ4n) is 4.25. The van der Waals surface area contributed by atoms with Gasteiger partial charge < -0.3 is 15.2 Å². The van der Waals surface area contributed by atoms with E-state index in [0.29, 0.717) is 12.8 Å². The number of carboxylic acids is 1. The van der Waals surface area contributed by atoms with Crippen molar-refractivity contribution in [1.29, 1.82) is 0 Å². The highest BCUT2D eigenvalue weighted by Gasteiger charge is 2.41. The smallest absolute Gasteiger partial charge is 0.332 e. The highest BCUT2D eigenvalue weighted by Crippen LogP contribution is 2.45. The van der Waals surface area contributed by atoms with Crippen LogP contribution in [0, 0.1) is 10.8 Å². The molecule has 5 heteroatoms. The molecule has 1 amide bonds. The summed E-state index contributed by atoms with van der Waals surface area (Å²) in [4.78, 5) is 23.1. The van der Waals surface area contributed by atoms with Crippen LogP contribution in [0.5, 0.6) is 0 Å². The lowest BCUT2D eigenvalue weighted by Crippen LogP contribution is -2.48. The molecule has 2 N–H and O–H groups in total. The van der Waals surface area contributed by atoms with E-state index in [-0.39, 0.29) is 22.8 Å². The standard InChI is InChI=1S/C16H27NO4/c1-15(2)7-10(8-16(3,4)9-15)17-13(18)11-5-6-12(21-11)14(19)20/h10-12H,5-9H2,1-4H3,(H,17,18)(H,19,20). The molecule has 1 saturated heterocycles. The van der Waals surface area contributed by atoms with Crippen molar-refractivity contribution in [1.82, 2.24) is 5.32 Å². The molecule has 5 nitrogen and oxygen atoms in total. The van der Waals surface area contributed by atoms with Crippen LogP contribution in [0.15, 0.2) is 0 Å². The van der Waals surface area contributed by atoms with Gasteiger partial charge in [0, 0.05) is 6.04 Å². The summed E-state index contributed by atoms with van der Waals surface area (Å²) in [5.41, 5.74) is 0.416. The van der Waals surface area contributed by atoms with E-state index < -0.39 is 18.2 Å². The minimum Gasteiger partial charge on any atom is -0.479 e. The van der Waals surface area contributed by atoms with E-state index in [4.69, 9.17) is 9.84 Å². The van der Waals surface area contributed by atoms with Crippen LogP contribution in [0.2, 0.25) is 0 Å². The third-order valence-corrected chi connectivity index (χ3v) is 4.49. The molecule has 1 heterocycles. The summed E-state index contributed by atoms with van der Waals surface area (Å²) in [5.74, 6) is -1.14. The second kappa shape index (κ2) is 5.59. The zero-order valence-electron chi connectivity index (χ0n) is 13.4. The molecule has 0 radical (unpaired) electrons. The summed E-state index contributed by atoms with van der Waals surface area (Å²) in [6, 6.07) is 0.142. The monoisotopic (exact) mass is 297 g/mol. The van der Waals surface area contributed by atoms with Gasteiger partial charge in [0.1, 0.15) is 6.10 Å². The number of nitrogens with one attached hydrogen (secondary N) is 1. The van der Waals surface area contributed by atoms with Crippen LogP contribution in [-0.4, -0.2) is 35.2 Å². The van der Waals surface area contributed by atoms with Crippen molar-refractivity contribution in [2.45, 2.75) is 78.0 Å². The molecule has 2 rings (SSSR count). The molecule has 21 heavy (non-hydrogen) atoms. The Morgan fingerprint density at radius 1 is 1.05 bits per heavy atom. The van der Waals surface area contributed by atoms with Gasteiger partial charge in [0.2, 0.25) is 5.91 Å². The highest BCUT2D eigenvalue weighted by atomic mass is 16.5. The van der Waals surface area contributed by atoms with Gasteiger partial charge >= 0.3 is 5.97 Å². The Bertz CT molecular complexity index is 414. The number of hydrogen-bond donors (Lipinski definition) is 2. The number of carbonyl (C=O) groups excluding carboxylic acids is 1. The largest absolute Gasteiger partial charge is 0.479 e. The first kappa shape index (κ1) is 16.3. The molecule has 1 aliphatic heterocycles. The molecular formula is C16H27NO4. The number of amides is 1. The van der Waals surface area contributed by atoms with Crippen LogP contribution in [0.3, 0.4) is 0 Å². The van der Waals surface area contributed by atoms with E-state index >= 15 is 0 Å². The normalized spacial score (nSPS) is 31.8. The van der Waals surface area contributed by atoms with Gasteiger partial charge in [0.05, 0.1) is 0 Å². The van der Waals surface area contributed by atoms with Crippen LogP contribution < -0.4 is 5.32 Å². The average molecular weight is 297 g/mol. The van der Waals surface area contributed by atoms with Crippen molar-refractivity contribution in [2.24, 2.45) is 10.8 Å². The van der Waals surface area contributed by atoms with Crippen LogP contribution in [0.1, 0.15) is 59.8 Å². The summed E-state index contributed by atoms with van der Waals surface area (Å²) >= 11 is 0. The molecule has 0 aromatic carbocycles. The zero-order chi connectivity index (χ0) is 15.8. The Labute approximate surface area is 126 Å². The lowest BCUT2D eigenvalue weighted by atomic mass is 9.63. The summed E-state index contributed by atoms with van der Waals surface area (Å²) in [6.45, 7) is 8.94. The van der Waals surface area contributed by atoms with Crippen molar-refractivity contribution < 1.29 is 19.4 Å². The summed E-state index contributed by atoms with van der Waals surface area (Å²) < 4.78 is 5.32. The first-order chi connectivity index (χ1) is 9.58. The van der Waals surface area contributed by atoms with Crippen molar-refractivity contribution in [2.75, 3.05) is 0 Å². The predicted octanol–water partition coefficient (Wildman–Crippen LogP) is 2.34. The second-order valence-corrected chi connectivity index (χ2v) is 8.15. The number of carbonyl (C=O) groups is 2. The SMILES string of the molecule is CC1(C)CC(NC(=O)C2CCC(C(=O)O)O2)CC(C)(C)C1. The van der Waals surface area contributed by atoms with Gasteiger partial charge in [0.25, 0.3) is 0 Å². The Morgan fingerprint density at radius 3 is 2.05 bits per heavy atom. The van der Waals surface area contributed by atoms with Gasteiger partial charge in [-0.3, -0.25) is 4.79 Å². The lowest BCUT2D eigenvalue weighted by molar-refractivity contribution is -0.152. The van der Waals surface area contributed by atoms with E-state index in [0.717, 1.165) is 19.3 Å². The van der Waals surface area contributed by atoms with Crippen molar-refractivity contribution in [3.8, 4) is 0 Å². The molecule has 1 saturated carbocycles. The Hall–Kier alpha value is -1.10. The van der Waals surface area contributed by atoms with E-state index in [1.54, 1.807) is 0 Å². The van der Waals surface area contributed by atoms with Gasteiger partial charge in [-0.05, 0) is 42.9 Å². The van der Waals surface area contributed by atoms with E-state index in [1.165, 1.54) is 0 Å². The zero-order valence-corrected chi connectivity index (χ0v) is 13.4. The maximum Gasteiger partial charge on any atom is 0.332 e. The van der Waals surface area contributed by atoms with Crippen molar-refractivity contribution in [3.63, 3.8) is 0 Å². The fraction of sp³-hybridized carbons (Fsp3) is 0.875. The van der Waals surface area contributed by atoms with Crippen molar-refractivity contribution >= 4 is 11.9 Å². The van der Waals surface area contributed by atoms with Gasteiger partial charge in [-0.1, -0.05) is 27.7 Å². The first-order valence-corrected chi connectivity index (χ1v) is 7.77. The molecule has 0 bridgehead atoms.